The van der Waals surface area contributed by atoms with E-state index in [0.29, 0.717) is 5.69 Å². The molecule has 7 heteroatoms. The molecular formula is C13H9ClFN3O2. The lowest BCUT2D eigenvalue weighted by atomic mass is 10.2. The van der Waals surface area contributed by atoms with Gasteiger partial charge in [0.15, 0.2) is 5.82 Å². The first kappa shape index (κ1) is 14.0. The van der Waals surface area contributed by atoms with Gasteiger partial charge in [-0.15, -0.1) is 0 Å². The summed E-state index contributed by atoms with van der Waals surface area (Å²) in [5.74, 6) is -2.05. The van der Waals surface area contributed by atoms with Gasteiger partial charge in [0.1, 0.15) is 0 Å². The highest BCUT2D eigenvalue weighted by Crippen LogP contribution is 2.21. The molecule has 2 amide bonds. The Morgan fingerprint density at radius 3 is 2.60 bits per heavy atom. The van der Waals surface area contributed by atoms with Crippen LogP contribution in [0.1, 0.15) is 20.7 Å². The lowest BCUT2D eigenvalue weighted by molar-refractivity contribution is 0.0998. The highest BCUT2D eigenvalue weighted by atomic mass is 35.5. The average Bonchev–Trinajstić information content (AvgIpc) is 2.38. The summed E-state index contributed by atoms with van der Waals surface area (Å²) >= 11 is 5.85. The molecule has 0 aliphatic carbocycles. The summed E-state index contributed by atoms with van der Waals surface area (Å²) in [6, 6.07) is 5.44. The smallest absolute Gasteiger partial charge is 0.258 e. The quantitative estimate of drug-likeness (QED) is 0.910. The second kappa shape index (κ2) is 5.66. The molecule has 0 atom stereocenters. The van der Waals surface area contributed by atoms with Crippen LogP contribution in [-0.2, 0) is 0 Å². The van der Waals surface area contributed by atoms with Crippen LogP contribution in [0.15, 0.2) is 36.7 Å². The maximum absolute atomic E-state index is 13.4. The SMILES string of the molecule is NC(=O)c1ccc(NC(=O)c2ccncc2F)cc1Cl. The molecule has 0 fully saturated rings. The maximum Gasteiger partial charge on any atom is 0.258 e. The van der Waals surface area contributed by atoms with E-state index < -0.39 is 17.6 Å². The lowest BCUT2D eigenvalue weighted by Gasteiger charge is -2.07. The Balaban J connectivity index is 2.23. The zero-order chi connectivity index (χ0) is 14.7. The molecule has 0 unspecified atom stereocenters. The topological polar surface area (TPSA) is 85.1 Å². The number of anilines is 1. The van der Waals surface area contributed by atoms with Crippen molar-refractivity contribution in [3.8, 4) is 0 Å². The number of pyridine rings is 1. The molecule has 5 nitrogen and oxygen atoms in total. The van der Waals surface area contributed by atoms with Crippen LogP contribution in [0.2, 0.25) is 5.02 Å². The van der Waals surface area contributed by atoms with Gasteiger partial charge in [-0.1, -0.05) is 11.6 Å². The van der Waals surface area contributed by atoms with Gasteiger partial charge in [-0.2, -0.15) is 0 Å². The van der Waals surface area contributed by atoms with Gasteiger partial charge in [-0.3, -0.25) is 14.6 Å². The molecule has 0 aliphatic heterocycles. The van der Waals surface area contributed by atoms with Gasteiger partial charge in [-0.05, 0) is 24.3 Å². The van der Waals surface area contributed by atoms with Crippen LogP contribution in [0.5, 0.6) is 0 Å². The van der Waals surface area contributed by atoms with Crippen molar-refractivity contribution in [3.05, 3.63) is 58.6 Å². The zero-order valence-electron chi connectivity index (χ0n) is 10.1. The first-order valence-corrected chi connectivity index (χ1v) is 5.87. The summed E-state index contributed by atoms with van der Waals surface area (Å²) in [5.41, 5.74) is 5.43. The number of halogens is 2. The van der Waals surface area contributed by atoms with E-state index in [4.69, 9.17) is 17.3 Å². The Kier molecular flexibility index (Phi) is 3.95. The summed E-state index contributed by atoms with van der Waals surface area (Å²) in [6.07, 6.45) is 2.25. The molecular weight excluding hydrogens is 285 g/mol. The van der Waals surface area contributed by atoms with Crippen molar-refractivity contribution in [3.63, 3.8) is 0 Å². The van der Waals surface area contributed by atoms with Crippen LogP contribution in [-0.4, -0.2) is 16.8 Å². The van der Waals surface area contributed by atoms with Crippen LogP contribution in [0.3, 0.4) is 0 Å². The van der Waals surface area contributed by atoms with E-state index in [9.17, 15) is 14.0 Å². The summed E-state index contributed by atoms with van der Waals surface area (Å²) < 4.78 is 13.4. The molecule has 102 valence electrons. The van der Waals surface area contributed by atoms with Crippen LogP contribution in [0.4, 0.5) is 10.1 Å². The van der Waals surface area contributed by atoms with Crippen molar-refractivity contribution < 1.29 is 14.0 Å². The number of rotatable bonds is 3. The van der Waals surface area contributed by atoms with Crippen molar-refractivity contribution in [1.29, 1.82) is 0 Å². The number of nitrogens with two attached hydrogens (primary N) is 1. The normalized spacial score (nSPS) is 10.1. The Labute approximate surface area is 118 Å². The third-order valence-corrected chi connectivity index (χ3v) is 2.82. The third-order valence-electron chi connectivity index (χ3n) is 2.51. The molecule has 0 radical (unpaired) electrons. The number of primary amides is 1. The molecule has 0 spiro atoms. The van der Waals surface area contributed by atoms with Crippen LogP contribution in [0, 0.1) is 5.82 Å². The van der Waals surface area contributed by atoms with E-state index in [1.807, 2.05) is 0 Å². The van der Waals surface area contributed by atoms with E-state index in [2.05, 4.69) is 10.3 Å². The Morgan fingerprint density at radius 1 is 1.25 bits per heavy atom. The minimum Gasteiger partial charge on any atom is -0.366 e. The summed E-state index contributed by atoms with van der Waals surface area (Å²) in [4.78, 5) is 26.4. The molecule has 1 aromatic heterocycles. The fourth-order valence-electron chi connectivity index (χ4n) is 1.55. The van der Waals surface area contributed by atoms with Gasteiger partial charge in [0, 0.05) is 11.9 Å². The number of aromatic nitrogens is 1. The molecule has 0 saturated heterocycles. The molecule has 20 heavy (non-hydrogen) atoms. The molecule has 2 rings (SSSR count). The van der Waals surface area contributed by atoms with Crippen LogP contribution >= 0.6 is 11.6 Å². The minimum absolute atomic E-state index is 0.102. The van der Waals surface area contributed by atoms with Crippen LogP contribution in [0.25, 0.3) is 0 Å². The second-order valence-electron chi connectivity index (χ2n) is 3.87. The molecule has 3 N–H and O–H groups in total. The fraction of sp³-hybridized carbons (Fsp3) is 0. The van der Waals surface area contributed by atoms with E-state index in [1.54, 1.807) is 0 Å². The van der Waals surface area contributed by atoms with Gasteiger partial charge in [0.05, 0.1) is 22.3 Å². The Bertz CT molecular complexity index is 691. The van der Waals surface area contributed by atoms with Crippen molar-refractivity contribution in [2.75, 3.05) is 5.32 Å². The number of carbonyl (C=O) groups excluding carboxylic acids is 2. The number of benzene rings is 1. The standard InChI is InChI=1S/C13H9ClFN3O2/c14-10-5-7(1-2-8(10)12(16)19)18-13(20)9-3-4-17-6-11(9)15/h1-6H,(H2,16,19)(H,18,20). The minimum atomic E-state index is -0.732. The van der Waals surface area contributed by atoms with Gasteiger partial charge in [0.2, 0.25) is 5.91 Å². The summed E-state index contributed by atoms with van der Waals surface area (Å²) in [5, 5.41) is 2.57. The second-order valence-corrected chi connectivity index (χ2v) is 4.28. The largest absolute Gasteiger partial charge is 0.366 e. The fourth-order valence-corrected chi connectivity index (χ4v) is 1.82. The first-order valence-electron chi connectivity index (χ1n) is 5.49. The predicted octanol–water partition coefficient (Wildman–Crippen LogP) is 2.23. The molecule has 1 heterocycles. The molecule has 0 saturated carbocycles. The number of nitrogens with one attached hydrogen (secondary N) is 1. The maximum atomic E-state index is 13.4. The number of hydrogen-bond donors (Lipinski definition) is 2. The van der Waals surface area contributed by atoms with Crippen molar-refractivity contribution in [2.45, 2.75) is 0 Å². The first-order chi connectivity index (χ1) is 9.49. The number of nitrogens with zero attached hydrogens (tertiary/aromatic N) is 1. The molecule has 1 aromatic carbocycles. The zero-order valence-corrected chi connectivity index (χ0v) is 10.8. The van der Waals surface area contributed by atoms with Crippen LogP contribution < -0.4 is 11.1 Å². The van der Waals surface area contributed by atoms with E-state index in [0.717, 1.165) is 6.20 Å². The van der Waals surface area contributed by atoms with Gasteiger partial charge >= 0.3 is 0 Å². The summed E-state index contributed by atoms with van der Waals surface area (Å²) in [7, 11) is 0. The number of carbonyl (C=O) groups is 2. The predicted molar refractivity (Wildman–Crippen MR) is 72.1 cm³/mol. The number of amides is 2. The third kappa shape index (κ3) is 2.92. The highest BCUT2D eigenvalue weighted by molar-refractivity contribution is 6.34. The Morgan fingerprint density at radius 2 is 2.00 bits per heavy atom. The van der Waals surface area contributed by atoms with E-state index in [1.165, 1.54) is 30.5 Å². The molecule has 0 bridgehead atoms. The lowest BCUT2D eigenvalue weighted by Crippen LogP contribution is -2.15. The Hall–Kier alpha value is -2.47. The number of hydrogen-bond acceptors (Lipinski definition) is 3. The van der Waals surface area contributed by atoms with Gasteiger partial charge < -0.3 is 11.1 Å². The van der Waals surface area contributed by atoms with Crippen molar-refractivity contribution in [2.24, 2.45) is 5.73 Å². The summed E-state index contributed by atoms with van der Waals surface area (Å²) in [6.45, 7) is 0. The van der Waals surface area contributed by atoms with E-state index >= 15 is 0 Å². The molecule has 0 aliphatic rings. The highest BCUT2D eigenvalue weighted by Gasteiger charge is 2.13. The van der Waals surface area contributed by atoms with Crippen molar-refractivity contribution in [1.82, 2.24) is 4.98 Å². The van der Waals surface area contributed by atoms with Gasteiger partial charge in [-0.25, -0.2) is 4.39 Å². The molecule has 2 aromatic rings. The van der Waals surface area contributed by atoms with Crippen molar-refractivity contribution >= 4 is 29.1 Å². The van der Waals surface area contributed by atoms with E-state index in [-0.39, 0.29) is 16.1 Å². The van der Waals surface area contributed by atoms with Gasteiger partial charge in [0.25, 0.3) is 5.91 Å². The average molecular weight is 294 g/mol. The monoisotopic (exact) mass is 293 g/mol.